The van der Waals surface area contributed by atoms with Crippen molar-refractivity contribution >= 4 is 15.9 Å². The molecule has 0 saturated heterocycles. The topological polar surface area (TPSA) is 75.7 Å². The maximum Gasteiger partial charge on any atom is 0.235 e. The number of nitrogens with zero attached hydrogens (tertiary/aromatic N) is 1. The first-order chi connectivity index (χ1) is 9.65. The molecule has 1 unspecified atom stereocenters. The van der Waals surface area contributed by atoms with Crippen LogP contribution in [0.25, 0.3) is 0 Å². The minimum absolute atomic E-state index is 0.211. The number of sulfonamides is 1. The van der Waals surface area contributed by atoms with Gasteiger partial charge in [-0.05, 0) is 19.9 Å². The standard InChI is InChI=1S/C14H22N2O4S/c1-10-6-7-13(20-4)12(8-10)11(2)15-14(17)9-16(3)21(5,18)19/h6-8,11H,9H2,1-5H3,(H,15,17). The number of carbonyl (C=O) groups excluding carboxylic acids is 1. The van der Waals surface area contributed by atoms with Crippen LogP contribution in [0.4, 0.5) is 0 Å². The second kappa shape index (κ2) is 6.91. The normalized spacial score (nSPS) is 13.0. The summed E-state index contributed by atoms with van der Waals surface area (Å²) in [5.74, 6) is 0.323. The number of methoxy groups -OCH3 is 1. The van der Waals surface area contributed by atoms with E-state index in [0.29, 0.717) is 5.75 Å². The van der Waals surface area contributed by atoms with Gasteiger partial charge < -0.3 is 10.1 Å². The third-order valence-electron chi connectivity index (χ3n) is 3.16. The van der Waals surface area contributed by atoms with E-state index >= 15 is 0 Å². The largest absolute Gasteiger partial charge is 0.496 e. The second-order valence-corrected chi connectivity index (χ2v) is 7.14. The van der Waals surface area contributed by atoms with Gasteiger partial charge >= 0.3 is 0 Å². The molecule has 21 heavy (non-hydrogen) atoms. The van der Waals surface area contributed by atoms with Crippen LogP contribution in [-0.2, 0) is 14.8 Å². The quantitative estimate of drug-likeness (QED) is 0.852. The van der Waals surface area contributed by atoms with Crippen molar-refractivity contribution < 1.29 is 17.9 Å². The van der Waals surface area contributed by atoms with Crippen molar-refractivity contribution in [2.75, 3.05) is 27.0 Å². The molecule has 1 atom stereocenters. The lowest BCUT2D eigenvalue weighted by Crippen LogP contribution is -2.38. The fourth-order valence-electron chi connectivity index (χ4n) is 1.88. The van der Waals surface area contributed by atoms with E-state index in [-0.39, 0.29) is 18.5 Å². The molecule has 1 amide bonds. The number of hydrogen-bond donors (Lipinski definition) is 1. The Morgan fingerprint density at radius 2 is 2.05 bits per heavy atom. The van der Waals surface area contributed by atoms with Crippen molar-refractivity contribution in [2.45, 2.75) is 19.9 Å². The highest BCUT2D eigenvalue weighted by Gasteiger charge is 2.18. The molecule has 0 fully saturated rings. The fourth-order valence-corrected chi connectivity index (χ4v) is 2.23. The van der Waals surface area contributed by atoms with Gasteiger partial charge in [0.05, 0.1) is 26.0 Å². The molecular formula is C14H22N2O4S. The molecule has 0 heterocycles. The molecule has 6 nitrogen and oxygen atoms in total. The van der Waals surface area contributed by atoms with Crippen LogP contribution in [0, 0.1) is 6.92 Å². The Morgan fingerprint density at radius 1 is 1.43 bits per heavy atom. The van der Waals surface area contributed by atoms with Gasteiger partial charge in [0.1, 0.15) is 5.75 Å². The fraction of sp³-hybridized carbons (Fsp3) is 0.500. The lowest BCUT2D eigenvalue weighted by atomic mass is 10.0. The van der Waals surface area contributed by atoms with Crippen molar-refractivity contribution in [3.63, 3.8) is 0 Å². The maximum absolute atomic E-state index is 11.9. The minimum atomic E-state index is -3.37. The van der Waals surface area contributed by atoms with E-state index in [1.165, 1.54) is 7.05 Å². The first-order valence-electron chi connectivity index (χ1n) is 6.50. The first kappa shape index (κ1) is 17.5. The van der Waals surface area contributed by atoms with Gasteiger partial charge in [0.25, 0.3) is 0 Å². The monoisotopic (exact) mass is 314 g/mol. The van der Waals surface area contributed by atoms with Crippen LogP contribution in [0.15, 0.2) is 18.2 Å². The molecule has 0 saturated carbocycles. The predicted octanol–water partition coefficient (Wildman–Crippen LogP) is 1.07. The van der Waals surface area contributed by atoms with E-state index in [4.69, 9.17) is 4.74 Å². The average molecular weight is 314 g/mol. The van der Waals surface area contributed by atoms with Gasteiger partial charge in [-0.1, -0.05) is 17.7 Å². The molecule has 1 N–H and O–H groups in total. The SMILES string of the molecule is COc1ccc(C)cc1C(C)NC(=O)CN(C)S(C)(=O)=O. The Hall–Kier alpha value is -1.60. The molecule has 0 radical (unpaired) electrons. The summed E-state index contributed by atoms with van der Waals surface area (Å²) in [7, 11) is -0.433. The van der Waals surface area contributed by atoms with Gasteiger partial charge in [-0.2, -0.15) is 4.31 Å². The number of benzene rings is 1. The molecule has 1 rings (SSSR count). The van der Waals surface area contributed by atoms with Crippen LogP contribution in [-0.4, -0.2) is 45.6 Å². The number of aryl methyl sites for hydroxylation is 1. The Labute approximate surface area is 126 Å². The average Bonchev–Trinajstić information content (AvgIpc) is 2.37. The summed E-state index contributed by atoms with van der Waals surface area (Å²) in [6.45, 7) is 3.57. The zero-order valence-corrected chi connectivity index (χ0v) is 13.8. The van der Waals surface area contributed by atoms with Crippen LogP contribution < -0.4 is 10.1 Å². The summed E-state index contributed by atoms with van der Waals surface area (Å²) < 4.78 is 28.9. The summed E-state index contributed by atoms with van der Waals surface area (Å²) in [6, 6.07) is 5.43. The van der Waals surface area contributed by atoms with E-state index in [2.05, 4.69) is 5.32 Å². The Morgan fingerprint density at radius 3 is 2.57 bits per heavy atom. The molecule has 0 bridgehead atoms. The molecular weight excluding hydrogens is 292 g/mol. The molecule has 0 spiro atoms. The second-order valence-electron chi connectivity index (χ2n) is 5.05. The summed E-state index contributed by atoms with van der Waals surface area (Å²) in [6.07, 6.45) is 1.06. The maximum atomic E-state index is 11.9. The number of amides is 1. The lowest BCUT2D eigenvalue weighted by molar-refractivity contribution is -0.121. The molecule has 118 valence electrons. The van der Waals surface area contributed by atoms with E-state index in [1.807, 2.05) is 32.0 Å². The number of carbonyl (C=O) groups is 1. The number of rotatable bonds is 6. The van der Waals surface area contributed by atoms with Gasteiger partial charge in [0.2, 0.25) is 15.9 Å². The van der Waals surface area contributed by atoms with Crippen LogP contribution in [0.2, 0.25) is 0 Å². The predicted molar refractivity (Wildman–Crippen MR) is 81.8 cm³/mol. The van der Waals surface area contributed by atoms with Crippen molar-refractivity contribution in [1.29, 1.82) is 0 Å². The zero-order valence-electron chi connectivity index (χ0n) is 13.0. The van der Waals surface area contributed by atoms with Crippen LogP contribution in [0.1, 0.15) is 24.1 Å². The van der Waals surface area contributed by atoms with Gasteiger partial charge in [-0.25, -0.2) is 8.42 Å². The highest BCUT2D eigenvalue weighted by Crippen LogP contribution is 2.25. The van der Waals surface area contributed by atoms with Gasteiger partial charge in [-0.3, -0.25) is 4.79 Å². The van der Waals surface area contributed by atoms with Gasteiger partial charge in [0, 0.05) is 12.6 Å². The Kier molecular flexibility index (Phi) is 5.74. The summed E-state index contributed by atoms with van der Waals surface area (Å²) >= 11 is 0. The zero-order chi connectivity index (χ0) is 16.2. The molecule has 7 heteroatoms. The van der Waals surface area contributed by atoms with E-state index in [9.17, 15) is 13.2 Å². The summed E-state index contributed by atoms with van der Waals surface area (Å²) in [5.41, 5.74) is 1.91. The van der Waals surface area contributed by atoms with Gasteiger partial charge in [0.15, 0.2) is 0 Å². The third-order valence-corrected chi connectivity index (χ3v) is 4.42. The van der Waals surface area contributed by atoms with E-state index in [1.54, 1.807) is 7.11 Å². The Balaban J connectivity index is 2.79. The van der Waals surface area contributed by atoms with Crippen LogP contribution in [0.5, 0.6) is 5.75 Å². The molecule has 0 aliphatic rings. The number of likely N-dealkylation sites (N-methyl/N-ethyl adjacent to an activating group) is 1. The first-order valence-corrected chi connectivity index (χ1v) is 8.35. The summed E-state index contributed by atoms with van der Waals surface area (Å²) in [4.78, 5) is 11.9. The van der Waals surface area contributed by atoms with Crippen molar-refractivity contribution in [3.05, 3.63) is 29.3 Å². The Bertz CT molecular complexity index is 613. The summed E-state index contributed by atoms with van der Waals surface area (Å²) in [5, 5.41) is 2.78. The lowest BCUT2D eigenvalue weighted by Gasteiger charge is -2.20. The highest BCUT2D eigenvalue weighted by atomic mass is 32.2. The number of hydrogen-bond acceptors (Lipinski definition) is 4. The molecule has 0 aliphatic carbocycles. The van der Waals surface area contributed by atoms with Crippen molar-refractivity contribution in [2.24, 2.45) is 0 Å². The smallest absolute Gasteiger partial charge is 0.235 e. The highest BCUT2D eigenvalue weighted by molar-refractivity contribution is 7.88. The van der Waals surface area contributed by atoms with E-state index in [0.717, 1.165) is 21.7 Å². The number of ether oxygens (including phenoxy) is 1. The van der Waals surface area contributed by atoms with E-state index < -0.39 is 10.0 Å². The molecule has 0 aromatic heterocycles. The minimum Gasteiger partial charge on any atom is -0.496 e. The molecule has 1 aromatic carbocycles. The van der Waals surface area contributed by atoms with Gasteiger partial charge in [-0.15, -0.1) is 0 Å². The van der Waals surface area contributed by atoms with Crippen LogP contribution in [0.3, 0.4) is 0 Å². The third kappa shape index (κ3) is 5.02. The van der Waals surface area contributed by atoms with Crippen molar-refractivity contribution in [3.8, 4) is 5.75 Å². The van der Waals surface area contributed by atoms with Crippen LogP contribution >= 0.6 is 0 Å². The molecule has 1 aromatic rings. The van der Waals surface area contributed by atoms with Crippen molar-refractivity contribution in [1.82, 2.24) is 9.62 Å². The number of nitrogens with one attached hydrogen (secondary N) is 1. The molecule has 0 aliphatic heterocycles.